The van der Waals surface area contributed by atoms with E-state index in [2.05, 4.69) is 82.6 Å². The highest BCUT2D eigenvalue weighted by Gasteiger charge is 2.20. The topological polar surface area (TPSA) is 6.48 Å². The van der Waals surface area contributed by atoms with E-state index in [9.17, 15) is 0 Å². The number of rotatable bonds is 4. The molecule has 1 aliphatic carbocycles. The summed E-state index contributed by atoms with van der Waals surface area (Å²) in [6.45, 7) is 5.70. The second-order valence-electron chi connectivity index (χ2n) is 7.67. The molecule has 1 heterocycles. The molecule has 2 nitrogen and oxygen atoms in total. The van der Waals surface area contributed by atoms with Crippen LogP contribution >= 0.6 is 0 Å². The van der Waals surface area contributed by atoms with Crippen molar-refractivity contribution in [2.75, 3.05) is 37.6 Å². The average molecular weight is 354 g/mol. The van der Waals surface area contributed by atoms with E-state index in [4.69, 9.17) is 0 Å². The second kappa shape index (κ2) is 7.21. The highest BCUT2D eigenvalue weighted by molar-refractivity contribution is 5.94. The summed E-state index contributed by atoms with van der Waals surface area (Å²) >= 11 is 0. The lowest BCUT2D eigenvalue weighted by Gasteiger charge is -2.36. The van der Waals surface area contributed by atoms with Crippen LogP contribution in [0.2, 0.25) is 0 Å². The Morgan fingerprint density at radius 1 is 0.741 bits per heavy atom. The fourth-order valence-electron chi connectivity index (χ4n) is 4.57. The van der Waals surface area contributed by atoms with Crippen molar-refractivity contribution in [2.24, 2.45) is 0 Å². The lowest BCUT2D eigenvalue weighted by atomic mass is 10.0. The molecule has 1 saturated heterocycles. The molecule has 0 unspecified atom stereocenters. The first-order valence-corrected chi connectivity index (χ1v) is 10.1. The molecule has 2 aliphatic rings. The van der Waals surface area contributed by atoms with Crippen LogP contribution in [0.15, 0.2) is 72.8 Å². The van der Waals surface area contributed by atoms with Gasteiger partial charge in [0.2, 0.25) is 0 Å². The van der Waals surface area contributed by atoms with Gasteiger partial charge in [0.1, 0.15) is 0 Å². The Balaban J connectivity index is 1.21. The highest BCUT2D eigenvalue weighted by Crippen LogP contribution is 2.30. The molecule has 3 aromatic carbocycles. The molecule has 1 fully saturated rings. The number of allylic oxidation sites excluding steroid dienone is 1. The molecule has 0 N–H and O–H groups in total. The zero-order valence-corrected chi connectivity index (χ0v) is 15.8. The van der Waals surface area contributed by atoms with Gasteiger partial charge in [0.05, 0.1) is 0 Å². The van der Waals surface area contributed by atoms with Crippen LogP contribution in [0.4, 0.5) is 5.69 Å². The summed E-state index contributed by atoms with van der Waals surface area (Å²) in [4.78, 5) is 5.19. The summed E-state index contributed by atoms with van der Waals surface area (Å²) in [6, 6.07) is 24.3. The van der Waals surface area contributed by atoms with E-state index < -0.39 is 0 Å². The van der Waals surface area contributed by atoms with Gasteiger partial charge >= 0.3 is 0 Å². The third kappa shape index (κ3) is 3.26. The van der Waals surface area contributed by atoms with Crippen LogP contribution in [-0.2, 0) is 6.42 Å². The predicted octanol–water partition coefficient (Wildman–Crippen LogP) is 4.99. The average Bonchev–Trinajstić information content (AvgIpc) is 3.15. The molecule has 2 heteroatoms. The van der Waals surface area contributed by atoms with Gasteiger partial charge in [-0.15, -0.1) is 0 Å². The SMILES string of the molecule is C1=C(CCN2CCN(c3cccc4ccccc34)CC2)c2ccccc2C1. The van der Waals surface area contributed by atoms with Gasteiger partial charge in [-0.3, -0.25) is 4.90 Å². The Kier molecular flexibility index (Phi) is 4.43. The number of hydrogen-bond acceptors (Lipinski definition) is 2. The number of hydrogen-bond donors (Lipinski definition) is 0. The maximum atomic E-state index is 2.63. The van der Waals surface area contributed by atoms with Crippen molar-refractivity contribution in [1.82, 2.24) is 4.90 Å². The van der Waals surface area contributed by atoms with Crippen molar-refractivity contribution >= 4 is 22.0 Å². The Labute approximate surface area is 161 Å². The minimum absolute atomic E-state index is 1.11. The van der Waals surface area contributed by atoms with Gasteiger partial charge in [0.25, 0.3) is 0 Å². The summed E-state index contributed by atoms with van der Waals surface area (Å²) in [5.74, 6) is 0. The molecule has 0 bridgehead atoms. The molecule has 136 valence electrons. The van der Waals surface area contributed by atoms with E-state index in [1.54, 1.807) is 5.57 Å². The minimum atomic E-state index is 1.11. The smallest absolute Gasteiger partial charge is 0.0446 e. The summed E-state index contributed by atoms with van der Waals surface area (Å²) < 4.78 is 0. The van der Waals surface area contributed by atoms with E-state index in [0.29, 0.717) is 0 Å². The first-order chi connectivity index (χ1) is 13.4. The maximum Gasteiger partial charge on any atom is 0.0446 e. The summed E-state index contributed by atoms with van der Waals surface area (Å²) in [5, 5.41) is 2.71. The van der Waals surface area contributed by atoms with Gasteiger partial charge in [0, 0.05) is 43.8 Å². The normalized spacial score (nSPS) is 17.2. The van der Waals surface area contributed by atoms with Crippen molar-refractivity contribution in [1.29, 1.82) is 0 Å². The minimum Gasteiger partial charge on any atom is -0.368 e. The molecular weight excluding hydrogens is 328 g/mol. The lowest BCUT2D eigenvalue weighted by Crippen LogP contribution is -2.46. The van der Waals surface area contributed by atoms with Crippen LogP contribution in [0, 0.1) is 0 Å². The third-order valence-corrected chi connectivity index (χ3v) is 6.11. The number of benzene rings is 3. The van der Waals surface area contributed by atoms with E-state index in [1.165, 1.54) is 40.6 Å². The first-order valence-electron chi connectivity index (χ1n) is 10.1. The molecule has 0 aromatic heterocycles. The van der Waals surface area contributed by atoms with Gasteiger partial charge in [-0.1, -0.05) is 66.7 Å². The van der Waals surface area contributed by atoms with E-state index in [-0.39, 0.29) is 0 Å². The zero-order valence-electron chi connectivity index (χ0n) is 15.8. The van der Waals surface area contributed by atoms with Crippen molar-refractivity contribution < 1.29 is 0 Å². The van der Waals surface area contributed by atoms with E-state index >= 15 is 0 Å². The summed E-state index contributed by atoms with van der Waals surface area (Å²) in [6.07, 6.45) is 4.71. The van der Waals surface area contributed by atoms with Crippen LogP contribution < -0.4 is 4.90 Å². The zero-order chi connectivity index (χ0) is 18.1. The van der Waals surface area contributed by atoms with Gasteiger partial charge in [-0.25, -0.2) is 0 Å². The maximum absolute atomic E-state index is 2.63. The Morgan fingerprint density at radius 3 is 2.44 bits per heavy atom. The Morgan fingerprint density at radius 2 is 1.52 bits per heavy atom. The third-order valence-electron chi connectivity index (χ3n) is 6.11. The largest absolute Gasteiger partial charge is 0.368 e. The first kappa shape index (κ1) is 16.6. The van der Waals surface area contributed by atoms with Crippen LogP contribution in [0.5, 0.6) is 0 Å². The van der Waals surface area contributed by atoms with Gasteiger partial charge < -0.3 is 4.90 Å². The van der Waals surface area contributed by atoms with Gasteiger partial charge in [-0.2, -0.15) is 0 Å². The van der Waals surface area contributed by atoms with Crippen molar-refractivity contribution in [3.63, 3.8) is 0 Å². The summed E-state index contributed by atoms with van der Waals surface area (Å²) in [5.41, 5.74) is 5.91. The van der Waals surface area contributed by atoms with Crippen LogP contribution in [0.25, 0.3) is 16.3 Å². The molecule has 1 aliphatic heterocycles. The fourth-order valence-corrected chi connectivity index (χ4v) is 4.57. The van der Waals surface area contributed by atoms with Crippen molar-refractivity contribution in [3.8, 4) is 0 Å². The van der Waals surface area contributed by atoms with Crippen molar-refractivity contribution in [3.05, 3.63) is 83.9 Å². The van der Waals surface area contributed by atoms with Gasteiger partial charge in [0.15, 0.2) is 0 Å². The van der Waals surface area contributed by atoms with E-state index in [1.807, 2.05) is 0 Å². The Hall–Kier alpha value is -2.58. The second-order valence-corrected chi connectivity index (χ2v) is 7.67. The molecule has 0 saturated carbocycles. The number of nitrogens with zero attached hydrogens (tertiary/aromatic N) is 2. The number of piperazine rings is 1. The highest BCUT2D eigenvalue weighted by atomic mass is 15.3. The fraction of sp³-hybridized carbons (Fsp3) is 0.280. The van der Waals surface area contributed by atoms with Gasteiger partial charge in [-0.05, 0) is 41.0 Å². The number of anilines is 1. The molecular formula is C25H26N2. The quantitative estimate of drug-likeness (QED) is 0.651. The van der Waals surface area contributed by atoms with Crippen LogP contribution in [-0.4, -0.2) is 37.6 Å². The Bertz CT molecular complexity index is 975. The summed E-state index contributed by atoms with van der Waals surface area (Å²) in [7, 11) is 0. The molecule has 27 heavy (non-hydrogen) atoms. The molecule has 5 rings (SSSR count). The molecule has 0 spiro atoms. The molecule has 0 atom stereocenters. The molecule has 3 aromatic rings. The monoisotopic (exact) mass is 354 g/mol. The van der Waals surface area contributed by atoms with Crippen LogP contribution in [0.1, 0.15) is 17.5 Å². The predicted molar refractivity (Wildman–Crippen MR) is 115 cm³/mol. The lowest BCUT2D eigenvalue weighted by molar-refractivity contribution is 0.264. The molecule has 0 radical (unpaired) electrons. The standard InChI is InChI=1S/C25H26N2/c1-3-9-23-21(7-1)12-13-22(23)14-15-26-16-18-27(19-17-26)25-11-5-8-20-6-2-4-10-24(20)25/h1-11,13H,12,14-19H2. The molecule has 0 amide bonds. The van der Waals surface area contributed by atoms with Crippen LogP contribution in [0.3, 0.4) is 0 Å². The number of fused-ring (bicyclic) bond motifs is 2. The van der Waals surface area contributed by atoms with E-state index in [0.717, 1.165) is 32.6 Å². The van der Waals surface area contributed by atoms with Crippen molar-refractivity contribution in [2.45, 2.75) is 12.8 Å².